The highest BCUT2D eigenvalue weighted by Gasteiger charge is 2.35. The van der Waals surface area contributed by atoms with Crippen molar-refractivity contribution < 1.29 is 8.42 Å². The van der Waals surface area contributed by atoms with Gasteiger partial charge in [0, 0.05) is 6.04 Å². The number of hydrogen-bond acceptors (Lipinski definition) is 3. The van der Waals surface area contributed by atoms with E-state index in [2.05, 4.69) is 13.8 Å². The zero-order chi connectivity index (χ0) is 9.35. The van der Waals surface area contributed by atoms with Crippen molar-refractivity contribution in [3.05, 3.63) is 0 Å². The maximum Gasteiger partial charge on any atom is 0.152 e. The topological polar surface area (TPSA) is 60.2 Å². The number of nitrogens with two attached hydrogens (primary N) is 1. The molecule has 0 amide bonds. The van der Waals surface area contributed by atoms with Crippen molar-refractivity contribution in [1.82, 2.24) is 0 Å². The van der Waals surface area contributed by atoms with Gasteiger partial charge in [0.05, 0.1) is 11.5 Å². The third-order valence-corrected chi connectivity index (χ3v) is 4.12. The molecule has 0 radical (unpaired) electrons. The van der Waals surface area contributed by atoms with Gasteiger partial charge in [0.1, 0.15) is 0 Å². The Morgan fingerprint density at radius 2 is 2.00 bits per heavy atom. The zero-order valence-corrected chi connectivity index (χ0v) is 8.47. The minimum absolute atomic E-state index is 0.127. The van der Waals surface area contributed by atoms with Gasteiger partial charge in [0.15, 0.2) is 9.84 Å². The van der Waals surface area contributed by atoms with Crippen LogP contribution < -0.4 is 5.73 Å². The lowest BCUT2D eigenvalue weighted by molar-refractivity contribution is 0.408. The molecule has 4 heteroatoms. The van der Waals surface area contributed by atoms with Gasteiger partial charge in [-0.05, 0) is 18.3 Å². The van der Waals surface area contributed by atoms with Gasteiger partial charge in [-0.25, -0.2) is 8.42 Å². The van der Waals surface area contributed by atoms with E-state index in [4.69, 9.17) is 5.73 Å². The SMILES string of the molecule is CC(C)CC1CS(=O)(=O)CC1N. The maximum atomic E-state index is 11.2. The first-order chi connectivity index (χ1) is 5.41. The highest BCUT2D eigenvalue weighted by Crippen LogP contribution is 2.23. The quantitative estimate of drug-likeness (QED) is 0.687. The summed E-state index contributed by atoms with van der Waals surface area (Å²) in [5.74, 6) is 1.21. The van der Waals surface area contributed by atoms with Crippen LogP contribution in [0.1, 0.15) is 20.3 Å². The molecule has 1 rings (SSSR count). The highest BCUT2D eigenvalue weighted by atomic mass is 32.2. The molecule has 2 N–H and O–H groups in total. The maximum absolute atomic E-state index is 11.2. The van der Waals surface area contributed by atoms with E-state index >= 15 is 0 Å². The van der Waals surface area contributed by atoms with Crippen molar-refractivity contribution >= 4 is 9.84 Å². The van der Waals surface area contributed by atoms with Crippen molar-refractivity contribution in [3.63, 3.8) is 0 Å². The summed E-state index contributed by atoms with van der Waals surface area (Å²) in [5.41, 5.74) is 5.72. The Bertz CT molecular complexity index is 246. The summed E-state index contributed by atoms with van der Waals surface area (Å²) >= 11 is 0. The Hall–Kier alpha value is -0.0900. The molecule has 1 fully saturated rings. The molecule has 0 aromatic heterocycles. The van der Waals surface area contributed by atoms with Crippen LogP contribution in [0.15, 0.2) is 0 Å². The smallest absolute Gasteiger partial charge is 0.152 e. The molecule has 0 saturated carbocycles. The van der Waals surface area contributed by atoms with E-state index < -0.39 is 9.84 Å². The van der Waals surface area contributed by atoms with Crippen molar-refractivity contribution in [3.8, 4) is 0 Å². The Kier molecular flexibility index (Phi) is 2.78. The molecular weight excluding hydrogens is 174 g/mol. The minimum Gasteiger partial charge on any atom is -0.326 e. The van der Waals surface area contributed by atoms with E-state index in [1.165, 1.54) is 0 Å². The van der Waals surface area contributed by atoms with E-state index in [0.717, 1.165) is 6.42 Å². The van der Waals surface area contributed by atoms with Crippen LogP contribution in [-0.2, 0) is 9.84 Å². The van der Waals surface area contributed by atoms with E-state index in [1.807, 2.05) is 0 Å². The average molecular weight is 191 g/mol. The van der Waals surface area contributed by atoms with Gasteiger partial charge in [-0.1, -0.05) is 13.8 Å². The predicted molar refractivity (Wildman–Crippen MR) is 49.6 cm³/mol. The molecule has 0 bridgehead atoms. The molecule has 1 saturated heterocycles. The first kappa shape index (κ1) is 9.99. The first-order valence-corrected chi connectivity index (χ1v) is 6.19. The largest absolute Gasteiger partial charge is 0.326 e. The molecule has 0 aromatic rings. The van der Waals surface area contributed by atoms with Crippen LogP contribution in [0.5, 0.6) is 0 Å². The van der Waals surface area contributed by atoms with Gasteiger partial charge in [-0.3, -0.25) is 0 Å². The molecule has 3 nitrogen and oxygen atoms in total. The summed E-state index contributed by atoms with van der Waals surface area (Å²) in [7, 11) is -2.82. The van der Waals surface area contributed by atoms with Crippen molar-refractivity contribution in [1.29, 1.82) is 0 Å². The van der Waals surface area contributed by atoms with Gasteiger partial charge in [0.2, 0.25) is 0 Å². The summed E-state index contributed by atoms with van der Waals surface area (Å²) < 4.78 is 22.3. The Morgan fingerprint density at radius 3 is 2.33 bits per heavy atom. The van der Waals surface area contributed by atoms with Crippen LogP contribution >= 0.6 is 0 Å². The van der Waals surface area contributed by atoms with Crippen LogP contribution in [-0.4, -0.2) is 26.0 Å². The Labute approximate surface area is 74.3 Å². The van der Waals surface area contributed by atoms with Gasteiger partial charge in [-0.15, -0.1) is 0 Å². The molecule has 1 heterocycles. The van der Waals surface area contributed by atoms with Crippen molar-refractivity contribution in [2.75, 3.05) is 11.5 Å². The fraction of sp³-hybridized carbons (Fsp3) is 1.00. The fourth-order valence-corrected chi connectivity index (χ4v) is 3.83. The van der Waals surface area contributed by atoms with Crippen LogP contribution in [0.3, 0.4) is 0 Å². The van der Waals surface area contributed by atoms with Crippen molar-refractivity contribution in [2.24, 2.45) is 17.6 Å². The Morgan fingerprint density at radius 1 is 1.42 bits per heavy atom. The lowest BCUT2D eigenvalue weighted by Crippen LogP contribution is -2.29. The molecule has 0 aromatic carbocycles. The number of rotatable bonds is 2. The third kappa shape index (κ3) is 2.45. The summed E-state index contributed by atoms with van der Waals surface area (Å²) in [6.07, 6.45) is 0.931. The summed E-state index contributed by atoms with van der Waals surface area (Å²) in [5, 5.41) is 0. The first-order valence-electron chi connectivity index (χ1n) is 4.37. The second-order valence-corrected chi connectivity index (χ2v) is 6.28. The molecular formula is C8H17NO2S. The van der Waals surface area contributed by atoms with Gasteiger partial charge < -0.3 is 5.73 Å². The molecule has 12 heavy (non-hydrogen) atoms. The van der Waals surface area contributed by atoms with Crippen molar-refractivity contribution in [2.45, 2.75) is 26.3 Å². The monoisotopic (exact) mass is 191 g/mol. The molecule has 0 spiro atoms. The molecule has 2 atom stereocenters. The summed E-state index contributed by atoms with van der Waals surface area (Å²) in [6, 6.07) is -0.127. The predicted octanol–water partition coefficient (Wildman–Crippen LogP) is 0.404. The third-order valence-electron chi connectivity index (χ3n) is 2.29. The molecule has 2 unspecified atom stereocenters. The lowest BCUT2D eigenvalue weighted by Gasteiger charge is -2.15. The van der Waals surface area contributed by atoms with E-state index in [-0.39, 0.29) is 17.7 Å². The normalized spacial score (nSPS) is 34.3. The average Bonchev–Trinajstić information content (AvgIpc) is 2.03. The summed E-state index contributed by atoms with van der Waals surface area (Å²) in [6.45, 7) is 4.19. The van der Waals surface area contributed by atoms with Gasteiger partial charge in [0.25, 0.3) is 0 Å². The summed E-state index contributed by atoms with van der Waals surface area (Å²) in [4.78, 5) is 0. The second kappa shape index (κ2) is 3.34. The molecule has 72 valence electrons. The fourth-order valence-electron chi connectivity index (χ4n) is 1.80. The van der Waals surface area contributed by atoms with Crippen LogP contribution in [0.2, 0.25) is 0 Å². The molecule has 1 aliphatic rings. The standard InChI is InChI=1S/C8H17NO2S/c1-6(2)3-7-4-12(10,11)5-8(7)9/h6-8H,3-5,9H2,1-2H3. The zero-order valence-electron chi connectivity index (χ0n) is 7.66. The lowest BCUT2D eigenvalue weighted by atomic mass is 9.94. The van der Waals surface area contributed by atoms with E-state index in [0.29, 0.717) is 11.7 Å². The molecule has 1 aliphatic heterocycles. The molecule has 0 aliphatic carbocycles. The Balaban J connectivity index is 2.58. The number of sulfone groups is 1. The van der Waals surface area contributed by atoms with Gasteiger partial charge in [-0.2, -0.15) is 0 Å². The number of hydrogen-bond donors (Lipinski definition) is 1. The van der Waals surface area contributed by atoms with E-state index in [1.54, 1.807) is 0 Å². The van der Waals surface area contributed by atoms with Crippen LogP contribution in [0, 0.1) is 11.8 Å². The van der Waals surface area contributed by atoms with E-state index in [9.17, 15) is 8.42 Å². The minimum atomic E-state index is -2.82. The van der Waals surface area contributed by atoms with Crippen LogP contribution in [0.4, 0.5) is 0 Å². The van der Waals surface area contributed by atoms with Gasteiger partial charge >= 0.3 is 0 Å². The second-order valence-electron chi connectivity index (χ2n) is 4.13. The van der Waals surface area contributed by atoms with Crippen LogP contribution in [0.25, 0.3) is 0 Å². The highest BCUT2D eigenvalue weighted by molar-refractivity contribution is 7.91.